The van der Waals surface area contributed by atoms with Crippen molar-refractivity contribution in [2.24, 2.45) is 17.6 Å². The number of hydrogen-bond donors (Lipinski definition) is 1. The Morgan fingerprint density at radius 2 is 1.86 bits per heavy atom. The van der Waals surface area contributed by atoms with E-state index in [2.05, 4.69) is 43.0 Å². The normalized spacial score (nSPS) is 24.3. The molecule has 1 saturated heterocycles. The molecule has 3 nitrogen and oxygen atoms in total. The summed E-state index contributed by atoms with van der Waals surface area (Å²) >= 11 is 0. The van der Waals surface area contributed by atoms with E-state index in [1.807, 2.05) is 13.8 Å². The highest BCUT2D eigenvalue weighted by molar-refractivity contribution is 5.85. The fourth-order valence-electron chi connectivity index (χ4n) is 3.19. The number of amides is 1. The Morgan fingerprint density at radius 3 is 2.41 bits per heavy atom. The third-order valence-corrected chi connectivity index (χ3v) is 4.81. The van der Waals surface area contributed by atoms with Gasteiger partial charge in [-0.1, -0.05) is 43.7 Å². The minimum Gasteiger partial charge on any atom is -0.335 e. The van der Waals surface area contributed by atoms with E-state index >= 15 is 0 Å². The van der Waals surface area contributed by atoms with Crippen LogP contribution in [0.25, 0.3) is 0 Å². The number of hydrogen-bond acceptors (Lipinski definition) is 2. The second-order valence-electron chi connectivity index (χ2n) is 6.65. The molecule has 22 heavy (non-hydrogen) atoms. The van der Waals surface area contributed by atoms with E-state index in [4.69, 9.17) is 5.73 Å². The van der Waals surface area contributed by atoms with Gasteiger partial charge in [-0.15, -0.1) is 12.4 Å². The van der Waals surface area contributed by atoms with Gasteiger partial charge in [-0.05, 0) is 38.2 Å². The number of aryl methyl sites for hydroxylation is 1. The predicted molar refractivity (Wildman–Crippen MR) is 94.1 cm³/mol. The number of piperidine rings is 1. The molecule has 2 N–H and O–H groups in total. The average molecular weight is 325 g/mol. The Hall–Kier alpha value is -1.06. The molecule has 0 aliphatic carbocycles. The molecule has 1 aromatic carbocycles. The third kappa shape index (κ3) is 4.02. The summed E-state index contributed by atoms with van der Waals surface area (Å²) in [5.74, 6) is 0.566. The van der Waals surface area contributed by atoms with E-state index in [1.54, 1.807) is 0 Å². The summed E-state index contributed by atoms with van der Waals surface area (Å²) in [6, 6.07) is 8.68. The van der Waals surface area contributed by atoms with Gasteiger partial charge in [0.25, 0.3) is 0 Å². The van der Waals surface area contributed by atoms with Crippen LogP contribution in [-0.4, -0.2) is 23.4 Å². The Labute approximate surface area is 140 Å². The van der Waals surface area contributed by atoms with Crippen molar-refractivity contribution in [1.29, 1.82) is 0 Å². The largest absolute Gasteiger partial charge is 0.335 e. The van der Waals surface area contributed by atoms with Gasteiger partial charge in [-0.25, -0.2) is 0 Å². The lowest BCUT2D eigenvalue weighted by molar-refractivity contribution is -0.141. The minimum atomic E-state index is -0.122. The van der Waals surface area contributed by atoms with Crippen LogP contribution in [0.4, 0.5) is 0 Å². The Kier molecular flexibility index (Phi) is 6.89. The third-order valence-electron chi connectivity index (χ3n) is 4.81. The van der Waals surface area contributed by atoms with Gasteiger partial charge < -0.3 is 10.6 Å². The van der Waals surface area contributed by atoms with E-state index in [1.165, 1.54) is 17.5 Å². The molecule has 0 radical (unpaired) electrons. The number of nitrogens with zero attached hydrogens (tertiary/aromatic N) is 1. The summed E-state index contributed by atoms with van der Waals surface area (Å²) in [6.45, 7) is 9.05. The second-order valence-corrected chi connectivity index (χ2v) is 6.65. The Morgan fingerprint density at radius 1 is 1.27 bits per heavy atom. The van der Waals surface area contributed by atoms with Gasteiger partial charge in [-0.3, -0.25) is 4.79 Å². The monoisotopic (exact) mass is 324 g/mol. The smallest absolute Gasteiger partial charge is 0.227 e. The van der Waals surface area contributed by atoms with E-state index in [-0.39, 0.29) is 36.3 Å². The maximum atomic E-state index is 12.8. The first-order valence-corrected chi connectivity index (χ1v) is 8.04. The van der Waals surface area contributed by atoms with Gasteiger partial charge in [0.05, 0.1) is 12.0 Å². The number of likely N-dealkylation sites (tertiary alicyclic amines) is 1. The zero-order valence-electron chi connectivity index (χ0n) is 14.1. The van der Waals surface area contributed by atoms with Gasteiger partial charge in [0, 0.05) is 12.6 Å². The second kappa shape index (κ2) is 7.98. The molecule has 1 heterocycles. The van der Waals surface area contributed by atoms with Crippen LogP contribution >= 0.6 is 12.4 Å². The summed E-state index contributed by atoms with van der Waals surface area (Å²) < 4.78 is 0. The first-order valence-electron chi connectivity index (χ1n) is 8.04. The molecule has 0 bridgehead atoms. The molecule has 2 rings (SSSR count). The van der Waals surface area contributed by atoms with E-state index in [0.717, 1.165) is 13.0 Å². The van der Waals surface area contributed by atoms with Crippen LogP contribution in [0.1, 0.15) is 50.8 Å². The number of rotatable bonds is 3. The van der Waals surface area contributed by atoms with Crippen LogP contribution in [0.15, 0.2) is 24.3 Å². The van der Waals surface area contributed by atoms with Crippen molar-refractivity contribution in [1.82, 2.24) is 4.90 Å². The Balaban J connectivity index is 0.00000242. The van der Waals surface area contributed by atoms with Crippen LogP contribution in [0.2, 0.25) is 0 Å². The average Bonchev–Trinajstić information content (AvgIpc) is 2.46. The van der Waals surface area contributed by atoms with Gasteiger partial charge in [0.15, 0.2) is 0 Å². The minimum absolute atomic E-state index is 0. The quantitative estimate of drug-likeness (QED) is 0.921. The molecule has 1 amide bonds. The maximum absolute atomic E-state index is 12.8. The van der Waals surface area contributed by atoms with Gasteiger partial charge in [0.2, 0.25) is 5.91 Å². The van der Waals surface area contributed by atoms with Gasteiger partial charge in [-0.2, -0.15) is 0 Å². The Bertz CT molecular complexity index is 486. The number of halogens is 1. The van der Waals surface area contributed by atoms with E-state index < -0.39 is 0 Å². The summed E-state index contributed by atoms with van der Waals surface area (Å²) in [6.07, 6.45) is 2.26. The zero-order valence-corrected chi connectivity index (χ0v) is 14.9. The SMILES string of the molecule is Cc1ccc(C2C(C)CCCN2C(=O)C(C)C(C)N)cc1.Cl. The van der Waals surface area contributed by atoms with Crippen molar-refractivity contribution >= 4 is 18.3 Å². The van der Waals surface area contributed by atoms with E-state index in [0.29, 0.717) is 5.92 Å². The van der Waals surface area contributed by atoms with Crippen LogP contribution in [0.3, 0.4) is 0 Å². The molecule has 1 fully saturated rings. The predicted octanol–water partition coefficient (Wildman–Crippen LogP) is 3.70. The fraction of sp³-hybridized carbons (Fsp3) is 0.611. The molecule has 1 aromatic rings. The molecule has 0 aromatic heterocycles. The highest BCUT2D eigenvalue weighted by atomic mass is 35.5. The van der Waals surface area contributed by atoms with Crippen LogP contribution in [0, 0.1) is 18.8 Å². The van der Waals surface area contributed by atoms with Gasteiger partial charge >= 0.3 is 0 Å². The molecule has 124 valence electrons. The number of benzene rings is 1. The first-order chi connectivity index (χ1) is 9.91. The van der Waals surface area contributed by atoms with Gasteiger partial charge in [0.1, 0.15) is 0 Å². The molecule has 4 atom stereocenters. The van der Waals surface area contributed by atoms with Crippen molar-refractivity contribution < 1.29 is 4.79 Å². The summed E-state index contributed by atoms with van der Waals surface area (Å²) in [7, 11) is 0. The molecular formula is C18H29ClN2O. The molecule has 1 aliphatic rings. The number of carbonyl (C=O) groups excluding carboxylic acids is 1. The van der Waals surface area contributed by atoms with Crippen molar-refractivity contribution in [3.63, 3.8) is 0 Å². The number of nitrogens with two attached hydrogens (primary N) is 1. The topological polar surface area (TPSA) is 46.3 Å². The van der Waals surface area contributed by atoms with Crippen LogP contribution < -0.4 is 5.73 Å². The van der Waals surface area contributed by atoms with Crippen LogP contribution in [-0.2, 0) is 4.79 Å². The maximum Gasteiger partial charge on any atom is 0.227 e. The van der Waals surface area contributed by atoms with E-state index in [9.17, 15) is 4.79 Å². The van der Waals surface area contributed by atoms with Crippen molar-refractivity contribution in [2.75, 3.05) is 6.54 Å². The highest BCUT2D eigenvalue weighted by Gasteiger charge is 2.35. The zero-order chi connectivity index (χ0) is 15.6. The van der Waals surface area contributed by atoms with Crippen molar-refractivity contribution in [3.8, 4) is 0 Å². The molecular weight excluding hydrogens is 296 g/mol. The highest BCUT2D eigenvalue weighted by Crippen LogP contribution is 2.36. The molecule has 4 heteroatoms. The molecule has 0 spiro atoms. The summed E-state index contributed by atoms with van der Waals surface area (Å²) in [4.78, 5) is 14.8. The van der Waals surface area contributed by atoms with Crippen molar-refractivity contribution in [3.05, 3.63) is 35.4 Å². The summed E-state index contributed by atoms with van der Waals surface area (Å²) in [5.41, 5.74) is 8.44. The van der Waals surface area contributed by atoms with Crippen molar-refractivity contribution in [2.45, 2.75) is 52.6 Å². The fourth-order valence-corrected chi connectivity index (χ4v) is 3.19. The standard InChI is InChI=1S/C18H28N2O.ClH/c1-12-7-9-16(10-8-12)17-13(2)6-5-11-20(17)18(21)14(3)15(4)19;/h7-10,13-15,17H,5-6,11,19H2,1-4H3;1H. The lowest BCUT2D eigenvalue weighted by Crippen LogP contribution is -2.47. The number of carbonyl (C=O) groups is 1. The molecule has 1 aliphatic heterocycles. The lowest BCUT2D eigenvalue weighted by Gasteiger charge is -2.42. The molecule has 4 unspecified atom stereocenters. The first kappa shape index (κ1) is 19.0. The van der Waals surface area contributed by atoms with Crippen LogP contribution in [0.5, 0.6) is 0 Å². The molecule has 0 saturated carbocycles. The summed E-state index contributed by atoms with van der Waals surface area (Å²) in [5, 5.41) is 0. The lowest BCUT2D eigenvalue weighted by atomic mass is 9.84.